The van der Waals surface area contributed by atoms with E-state index in [-0.39, 0.29) is 27.4 Å². The number of nitrogens with zero attached hydrogens (tertiary/aromatic N) is 2. The number of esters is 1. The summed E-state index contributed by atoms with van der Waals surface area (Å²) in [5.74, 6) is -3.32. The van der Waals surface area contributed by atoms with Crippen LogP contribution in [0.25, 0.3) is 11.0 Å². The second kappa shape index (κ2) is 8.57. The van der Waals surface area contributed by atoms with E-state index in [0.717, 1.165) is 23.9 Å². The Bertz CT molecular complexity index is 1220. The molecular formula is C19H16F2N4O4S. The number of H-pyrrole nitrogens is 1. The van der Waals surface area contributed by atoms with Crippen LogP contribution in [0.2, 0.25) is 0 Å². The molecule has 30 heavy (non-hydrogen) atoms. The van der Waals surface area contributed by atoms with Gasteiger partial charge in [0.2, 0.25) is 5.91 Å². The summed E-state index contributed by atoms with van der Waals surface area (Å²) in [6.07, 6.45) is 0. The van der Waals surface area contributed by atoms with Crippen molar-refractivity contribution in [3.63, 3.8) is 0 Å². The number of aromatic amines is 1. The number of pyridine rings is 1. The summed E-state index contributed by atoms with van der Waals surface area (Å²) >= 11 is 0.930. The minimum atomic E-state index is -1.09. The number of methoxy groups -OCH3 is 1. The van der Waals surface area contributed by atoms with E-state index in [1.165, 1.54) is 19.2 Å². The fourth-order valence-electron chi connectivity index (χ4n) is 2.61. The number of thioether (sulfide) groups is 1. The Labute approximate surface area is 173 Å². The Morgan fingerprint density at radius 3 is 2.60 bits per heavy atom. The third kappa shape index (κ3) is 4.46. The van der Waals surface area contributed by atoms with Gasteiger partial charge in [-0.3, -0.25) is 9.59 Å². The molecule has 3 rings (SSSR count). The van der Waals surface area contributed by atoms with Crippen molar-refractivity contribution in [2.75, 3.05) is 12.4 Å². The molecule has 0 aliphatic heterocycles. The number of aryl methyl sites for hydroxylation is 1. The minimum absolute atomic E-state index is 0.0179. The predicted octanol–water partition coefficient (Wildman–Crippen LogP) is 2.81. The van der Waals surface area contributed by atoms with Crippen LogP contribution in [0.1, 0.15) is 23.0 Å². The van der Waals surface area contributed by atoms with Crippen molar-refractivity contribution in [1.82, 2.24) is 15.0 Å². The van der Waals surface area contributed by atoms with Gasteiger partial charge in [-0.25, -0.2) is 23.5 Å². The topological polar surface area (TPSA) is 114 Å². The molecule has 2 heterocycles. The first-order chi connectivity index (χ1) is 14.2. The molecule has 0 bridgehead atoms. The van der Waals surface area contributed by atoms with E-state index >= 15 is 0 Å². The molecule has 0 fully saturated rings. The molecule has 1 amide bonds. The zero-order valence-electron chi connectivity index (χ0n) is 16.1. The Hall–Kier alpha value is -3.34. The van der Waals surface area contributed by atoms with Crippen molar-refractivity contribution in [2.45, 2.75) is 24.3 Å². The average Bonchev–Trinajstić information content (AvgIpc) is 2.69. The van der Waals surface area contributed by atoms with Crippen molar-refractivity contribution in [3.05, 3.63) is 57.5 Å². The lowest BCUT2D eigenvalue weighted by molar-refractivity contribution is -0.115. The second-order valence-electron chi connectivity index (χ2n) is 6.25. The molecule has 8 nitrogen and oxygen atoms in total. The molecule has 3 aromatic rings. The molecule has 156 valence electrons. The van der Waals surface area contributed by atoms with Gasteiger partial charge in [0.15, 0.2) is 22.4 Å². The predicted molar refractivity (Wildman–Crippen MR) is 107 cm³/mol. The smallest absolute Gasteiger partial charge is 0.338 e. The first-order valence-electron chi connectivity index (χ1n) is 8.62. The number of benzene rings is 1. The number of carbonyl (C=O) groups is 2. The molecule has 1 atom stereocenters. The molecule has 0 saturated carbocycles. The van der Waals surface area contributed by atoms with Crippen LogP contribution in [0.5, 0.6) is 0 Å². The van der Waals surface area contributed by atoms with Crippen molar-refractivity contribution in [2.24, 2.45) is 0 Å². The van der Waals surface area contributed by atoms with Gasteiger partial charge in [-0.05, 0) is 32.0 Å². The summed E-state index contributed by atoms with van der Waals surface area (Å²) in [7, 11) is 1.20. The number of fused-ring (bicyclic) bond motifs is 1. The molecule has 2 aromatic heterocycles. The summed E-state index contributed by atoms with van der Waals surface area (Å²) < 4.78 is 31.0. The maximum atomic E-state index is 13.3. The number of nitrogens with one attached hydrogen (secondary N) is 2. The van der Waals surface area contributed by atoms with Crippen molar-refractivity contribution in [3.8, 4) is 0 Å². The van der Waals surface area contributed by atoms with Gasteiger partial charge in [0.1, 0.15) is 0 Å². The standard InChI is InChI=1S/C19H16F2N4O4S/c1-8-6-11(18(28)29-3)14-15(22-8)24-19(25-17(14)27)30-9(2)16(26)23-10-4-5-12(20)13(21)7-10/h4-7,9H,1-3H3,(H,23,26)(H,22,24,25,27)/t9-/m0/s1. The fourth-order valence-corrected chi connectivity index (χ4v) is 3.40. The molecule has 0 aliphatic carbocycles. The van der Waals surface area contributed by atoms with Crippen molar-refractivity contribution in [1.29, 1.82) is 0 Å². The van der Waals surface area contributed by atoms with Crippen LogP contribution in [0.15, 0.2) is 34.2 Å². The van der Waals surface area contributed by atoms with Gasteiger partial charge in [0, 0.05) is 17.4 Å². The van der Waals surface area contributed by atoms with Crippen molar-refractivity contribution < 1.29 is 23.1 Å². The van der Waals surface area contributed by atoms with E-state index in [1.807, 2.05) is 0 Å². The molecular weight excluding hydrogens is 418 g/mol. The number of hydrogen-bond donors (Lipinski definition) is 2. The van der Waals surface area contributed by atoms with E-state index in [2.05, 4.69) is 20.3 Å². The maximum absolute atomic E-state index is 13.3. The third-order valence-electron chi connectivity index (χ3n) is 4.03. The maximum Gasteiger partial charge on any atom is 0.338 e. The van der Waals surface area contributed by atoms with Gasteiger partial charge in [0.25, 0.3) is 5.56 Å². The lowest BCUT2D eigenvalue weighted by Crippen LogP contribution is -2.23. The fraction of sp³-hybridized carbons (Fsp3) is 0.211. The Morgan fingerprint density at radius 2 is 1.93 bits per heavy atom. The summed E-state index contributed by atoms with van der Waals surface area (Å²) in [6.45, 7) is 3.19. The largest absolute Gasteiger partial charge is 0.465 e. The summed E-state index contributed by atoms with van der Waals surface area (Å²) in [5.41, 5.74) is 0.0142. The quantitative estimate of drug-likeness (QED) is 0.361. The summed E-state index contributed by atoms with van der Waals surface area (Å²) in [5, 5.41) is 1.80. The number of aromatic nitrogens is 3. The van der Waals surface area contributed by atoms with Crippen LogP contribution < -0.4 is 10.9 Å². The summed E-state index contributed by atoms with van der Waals surface area (Å²) in [4.78, 5) is 47.8. The number of hydrogen-bond acceptors (Lipinski definition) is 7. The highest BCUT2D eigenvalue weighted by Gasteiger charge is 2.20. The SMILES string of the molecule is COC(=O)c1cc(C)nc2nc(S[C@@H](C)C(=O)Nc3ccc(F)c(F)c3)[nH]c(=O)c12. The van der Waals surface area contributed by atoms with Gasteiger partial charge in [0.05, 0.1) is 23.3 Å². The summed E-state index contributed by atoms with van der Waals surface area (Å²) in [6, 6.07) is 4.42. The van der Waals surface area contributed by atoms with Gasteiger partial charge >= 0.3 is 5.97 Å². The normalized spacial score (nSPS) is 11.9. The first-order valence-corrected chi connectivity index (χ1v) is 9.50. The molecule has 1 aromatic carbocycles. The number of amides is 1. The first kappa shape index (κ1) is 21.4. The Kier molecular flexibility index (Phi) is 6.11. The molecule has 0 unspecified atom stereocenters. The van der Waals surface area contributed by atoms with Gasteiger partial charge < -0.3 is 15.0 Å². The van der Waals surface area contributed by atoms with Crippen LogP contribution in [0, 0.1) is 18.6 Å². The van der Waals surface area contributed by atoms with Crippen LogP contribution in [0.3, 0.4) is 0 Å². The van der Waals surface area contributed by atoms with Crippen molar-refractivity contribution >= 4 is 40.4 Å². The number of carbonyl (C=O) groups excluding carboxylic acids is 2. The lowest BCUT2D eigenvalue weighted by Gasteiger charge is -2.12. The molecule has 0 radical (unpaired) electrons. The Morgan fingerprint density at radius 1 is 1.20 bits per heavy atom. The van der Waals surface area contributed by atoms with Gasteiger partial charge in [-0.1, -0.05) is 11.8 Å². The van der Waals surface area contributed by atoms with E-state index in [0.29, 0.717) is 5.69 Å². The van der Waals surface area contributed by atoms with Crippen LogP contribution in [-0.2, 0) is 9.53 Å². The number of rotatable bonds is 5. The van der Waals surface area contributed by atoms with Gasteiger partial charge in [-0.15, -0.1) is 0 Å². The number of halogens is 2. The highest BCUT2D eigenvalue weighted by molar-refractivity contribution is 8.00. The highest BCUT2D eigenvalue weighted by atomic mass is 32.2. The second-order valence-corrected chi connectivity index (χ2v) is 7.58. The number of anilines is 1. The molecule has 0 spiro atoms. The highest BCUT2D eigenvalue weighted by Crippen LogP contribution is 2.23. The number of ether oxygens (including phenoxy) is 1. The molecule has 2 N–H and O–H groups in total. The average molecular weight is 434 g/mol. The van der Waals surface area contributed by atoms with Crippen LogP contribution in [0.4, 0.5) is 14.5 Å². The monoisotopic (exact) mass is 434 g/mol. The van der Waals surface area contributed by atoms with E-state index in [9.17, 15) is 23.2 Å². The molecule has 11 heteroatoms. The van der Waals surface area contributed by atoms with Gasteiger partial charge in [-0.2, -0.15) is 0 Å². The molecule has 0 aliphatic rings. The van der Waals surface area contributed by atoms with E-state index < -0.39 is 34.3 Å². The lowest BCUT2D eigenvalue weighted by atomic mass is 10.1. The zero-order chi connectivity index (χ0) is 22.0. The minimum Gasteiger partial charge on any atom is -0.465 e. The van der Waals surface area contributed by atoms with E-state index in [1.54, 1.807) is 13.8 Å². The third-order valence-corrected chi connectivity index (χ3v) is 5.02. The van der Waals surface area contributed by atoms with E-state index in [4.69, 9.17) is 4.74 Å². The Balaban J connectivity index is 1.86. The van der Waals surface area contributed by atoms with Crippen LogP contribution in [-0.4, -0.2) is 39.2 Å². The zero-order valence-corrected chi connectivity index (χ0v) is 16.9. The van der Waals surface area contributed by atoms with Crippen LogP contribution >= 0.6 is 11.8 Å². The molecule has 0 saturated heterocycles.